The Morgan fingerprint density at radius 3 is 2.45 bits per heavy atom. The number of benzene rings is 1. The highest BCUT2D eigenvalue weighted by Gasteiger charge is 2.24. The minimum absolute atomic E-state index is 0.123. The number of hydrogen-bond acceptors (Lipinski definition) is 5. The molecule has 1 aromatic rings. The first-order valence-electron chi connectivity index (χ1n) is 9.84. The van der Waals surface area contributed by atoms with Gasteiger partial charge < -0.3 is 30.3 Å². The Balaban J connectivity index is 1.68. The molecule has 1 aliphatic rings. The zero-order valence-electron chi connectivity index (χ0n) is 17.4. The van der Waals surface area contributed by atoms with Gasteiger partial charge in [0.25, 0.3) is 0 Å². The molecule has 1 fully saturated rings. The molecule has 1 aliphatic heterocycles. The molecular formula is C20H31N5O4. The lowest BCUT2D eigenvalue weighted by atomic mass is 10.1. The first-order chi connectivity index (χ1) is 14.0. The smallest absolute Gasteiger partial charge is 0.409 e. The van der Waals surface area contributed by atoms with E-state index in [0.717, 1.165) is 24.2 Å². The van der Waals surface area contributed by atoms with Gasteiger partial charge >= 0.3 is 6.09 Å². The van der Waals surface area contributed by atoms with E-state index >= 15 is 0 Å². The van der Waals surface area contributed by atoms with E-state index in [1.807, 2.05) is 24.3 Å². The third kappa shape index (κ3) is 7.52. The predicted molar refractivity (Wildman–Crippen MR) is 111 cm³/mol. The summed E-state index contributed by atoms with van der Waals surface area (Å²) in [6, 6.07) is 7.73. The van der Waals surface area contributed by atoms with E-state index in [0.29, 0.717) is 32.2 Å². The first kappa shape index (κ1) is 22.3. The standard InChI is InChI=1S/C20H31N5O4/c1-4-29-20(27)25-11-9-16(10-12-25)24-19(21-2)23-14-18(26)22-13-15-5-7-17(28-3)8-6-15/h5-8,16H,4,9-14H2,1-3H3,(H,22,26)(H2,21,23,24). The molecule has 2 rings (SSSR count). The molecule has 0 radical (unpaired) electrons. The fraction of sp³-hybridized carbons (Fsp3) is 0.550. The van der Waals surface area contributed by atoms with Crippen molar-refractivity contribution in [2.75, 3.05) is 40.4 Å². The number of methoxy groups -OCH3 is 1. The van der Waals surface area contributed by atoms with E-state index in [1.165, 1.54) is 0 Å². The van der Waals surface area contributed by atoms with Crippen molar-refractivity contribution in [3.05, 3.63) is 29.8 Å². The fourth-order valence-electron chi connectivity index (χ4n) is 2.98. The number of likely N-dealkylation sites (tertiary alicyclic amines) is 1. The second-order valence-corrected chi connectivity index (χ2v) is 6.66. The Morgan fingerprint density at radius 1 is 1.17 bits per heavy atom. The van der Waals surface area contributed by atoms with Gasteiger partial charge in [-0.15, -0.1) is 0 Å². The topological polar surface area (TPSA) is 104 Å². The van der Waals surface area contributed by atoms with E-state index in [9.17, 15) is 9.59 Å². The quantitative estimate of drug-likeness (QED) is 0.464. The normalized spacial score (nSPS) is 14.9. The summed E-state index contributed by atoms with van der Waals surface area (Å²) in [5.41, 5.74) is 0.995. The summed E-state index contributed by atoms with van der Waals surface area (Å²) in [5.74, 6) is 1.23. The van der Waals surface area contributed by atoms with Gasteiger partial charge in [-0.1, -0.05) is 12.1 Å². The van der Waals surface area contributed by atoms with Crippen LogP contribution in [0.25, 0.3) is 0 Å². The molecule has 2 amide bonds. The molecule has 0 aromatic heterocycles. The van der Waals surface area contributed by atoms with Gasteiger partial charge in [-0.05, 0) is 37.5 Å². The summed E-state index contributed by atoms with van der Waals surface area (Å²) in [5, 5.41) is 9.20. The third-order valence-electron chi connectivity index (χ3n) is 4.65. The lowest BCUT2D eigenvalue weighted by molar-refractivity contribution is -0.120. The number of aliphatic imine (C=N–C) groups is 1. The van der Waals surface area contributed by atoms with Crippen LogP contribution in [0.3, 0.4) is 0 Å². The van der Waals surface area contributed by atoms with E-state index in [2.05, 4.69) is 20.9 Å². The van der Waals surface area contributed by atoms with Crippen molar-refractivity contribution in [2.45, 2.75) is 32.4 Å². The van der Waals surface area contributed by atoms with Crippen LogP contribution in [0.15, 0.2) is 29.3 Å². The van der Waals surface area contributed by atoms with Crippen molar-refractivity contribution in [3.63, 3.8) is 0 Å². The Hall–Kier alpha value is -2.97. The molecule has 9 nitrogen and oxygen atoms in total. The predicted octanol–water partition coefficient (Wildman–Crippen LogP) is 1.10. The van der Waals surface area contributed by atoms with Crippen LogP contribution >= 0.6 is 0 Å². The summed E-state index contributed by atoms with van der Waals surface area (Å²) in [4.78, 5) is 29.7. The number of carbonyl (C=O) groups is 2. The number of ether oxygens (including phenoxy) is 2. The van der Waals surface area contributed by atoms with Gasteiger partial charge in [0.1, 0.15) is 5.75 Å². The molecular weight excluding hydrogens is 374 g/mol. The van der Waals surface area contributed by atoms with E-state index in [4.69, 9.17) is 9.47 Å². The summed E-state index contributed by atoms with van der Waals surface area (Å²) in [7, 11) is 3.28. The second-order valence-electron chi connectivity index (χ2n) is 6.66. The zero-order valence-corrected chi connectivity index (χ0v) is 17.4. The largest absolute Gasteiger partial charge is 0.497 e. The van der Waals surface area contributed by atoms with Crippen molar-refractivity contribution in [2.24, 2.45) is 4.99 Å². The highest BCUT2D eigenvalue weighted by molar-refractivity contribution is 5.86. The van der Waals surface area contributed by atoms with Crippen molar-refractivity contribution < 1.29 is 19.1 Å². The highest BCUT2D eigenvalue weighted by atomic mass is 16.6. The maximum Gasteiger partial charge on any atom is 0.409 e. The first-order valence-corrected chi connectivity index (χ1v) is 9.84. The summed E-state index contributed by atoms with van der Waals surface area (Å²) in [6.07, 6.45) is 1.33. The molecule has 0 saturated carbocycles. The minimum atomic E-state index is -0.262. The van der Waals surface area contributed by atoms with Crippen LogP contribution in [0.5, 0.6) is 5.75 Å². The van der Waals surface area contributed by atoms with Gasteiger partial charge in [-0.2, -0.15) is 0 Å². The Bertz CT molecular complexity index is 685. The molecule has 0 atom stereocenters. The number of amides is 2. The molecule has 29 heavy (non-hydrogen) atoms. The minimum Gasteiger partial charge on any atom is -0.497 e. The molecule has 160 valence electrons. The van der Waals surface area contributed by atoms with E-state index < -0.39 is 0 Å². The third-order valence-corrected chi connectivity index (χ3v) is 4.65. The van der Waals surface area contributed by atoms with Gasteiger partial charge in [0.05, 0.1) is 20.3 Å². The van der Waals surface area contributed by atoms with Crippen molar-refractivity contribution >= 4 is 18.0 Å². The molecule has 0 unspecified atom stereocenters. The van der Waals surface area contributed by atoms with E-state index in [-0.39, 0.29) is 24.6 Å². The number of piperidine rings is 1. The van der Waals surface area contributed by atoms with Crippen LogP contribution in [0.2, 0.25) is 0 Å². The van der Waals surface area contributed by atoms with Crippen molar-refractivity contribution in [1.29, 1.82) is 0 Å². The number of carbonyl (C=O) groups excluding carboxylic acids is 2. The van der Waals surface area contributed by atoms with E-state index in [1.54, 1.807) is 26.0 Å². The highest BCUT2D eigenvalue weighted by Crippen LogP contribution is 2.12. The molecule has 0 spiro atoms. The molecule has 3 N–H and O–H groups in total. The Morgan fingerprint density at radius 2 is 1.86 bits per heavy atom. The number of nitrogens with one attached hydrogen (secondary N) is 3. The van der Waals surface area contributed by atoms with Crippen LogP contribution in [0.4, 0.5) is 4.79 Å². The van der Waals surface area contributed by atoms with Gasteiger partial charge in [0, 0.05) is 32.7 Å². The molecule has 9 heteroatoms. The lowest BCUT2D eigenvalue weighted by Crippen LogP contribution is -2.51. The van der Waals surface area contributed by atoms with Crippen LogP contribution < -0.4 is 20.7 Å². The molecule has 1 saturated heterocycles. The van der Waals surface area contributed by atoms with Gasteiger partial charge in [-0.25, -0.2) is 4.79 Å². The summed E-state index contributed by atoms with van der Waals surface area (Å²) < 4.78 is 10.1. The second kappa shape index (κ2) is 11.8. The number of rotatable bonds is 7. The van der Waals surface area contributed by atoms with Crippen LogP contribution in [0.1, 0.15) is 25.3 Å². The SMILES string of the molecule is CCOC(=O)N1CCC(NC(=NC)NCC(=O)NCc2ccc(OC)cc2)CC1. The molecule has 1 aromatic carbocycles. The fourth-order valence-corrected chi connectivity index (χ4v) is 2.98. The number of nitrogens with zero attached hydrogens (tertiary/aromatic N) is 2. The maximum absolute atomic E-state index is 12.1. The maximum atomic E-state index is 12.1. The van der Waals surface area contributed by atoms with Crippen molar-refractivity contribution in [3.8, 4) is 5.75 Å². The zero-order chi connectivity index (χ0) is 21.1. The van der Waals surface area contributed by atoms with Gasteiger partial charge in [0.15, 0.2) is 5.96 Å². The Labute approximate surface area is 171 Å². The van der Waals surface area contributed by atoms with Crippen LogP contribution in [-0.4, -0.2) is 69.3 Å². The molecule has 0 bridgehead atoms. The number of hydrogen-bond donors (Lipinski definition) is 3. The van der Waals surface area contributed by atoms with Crippen LogP contribution in [0, 0.1) is 0 Å². The Kier molecular flexibility index (Phi) is 9.07. The lowest BCUT2D eigenvalue weighted by Gasteiger charge is -2.32. The van der Waals surface area contributed by atoms with Crippen LogP contribution in [-0.2, 0) is 16.1 Å². The summed E-state index contributed by atoms with van der Waals surface area (Å²) in [6.45, 7) is 4.02. The summed E-state index contributed by atoms with van der Waals surface area (Å²) >= 11 is 0. The molecule has 1 heterocycles. The average molecular weight is 405 g/mol. The molecule has 0 aliphatic carbocycles. The van der Waals surface area contributed by atoms with Crippen molar-refractivity contribution in [1.82, 2.24) is 20.9 Å². The average Bonchev–Trinajstić information content (AvgIpc) is 2.76. The monoisotopic (exact) mass is 405 g/mol. The van der Waals surface area contributed by atoms with Gasteiger partial charge in [0.2, 0.25) is 5.91 Å². The number of guanidine groups is 1. The van der Waals surface area contributed by atoms with Gasteiger partial charge in [-0.3, -0.25) is 9.79 Å².